The molecule has 0 amide bonds. The number of nitrogens with one attached hydrogen (secondary N) is 2. The first-order chi connectivity index (χ1) is 14.2. The number of rotatable bonds is 7. The van der Waals surface area contributed by atoms with Gasteiger partial charge in [0.15, 0.2) is 0 Å². The number of carbonyl (C=O) groups is 1. The van der Waals surface area contributed by atoms with Crippen molar-refractivity contribution in [3.63, 3.8) is 0 Å². The molecule has 0 aliphatic carbocycles. The van der Waals surface area contributed by atoms with E-state index in [-0.39, 0.29) is 0 Å². The molecule has 4 N–H and O–H groups in total. The summed E-state index contributed by atoms with van der Waals surface area (Å²) in [5.74, 6) is -0.612. The lowest BCUT2D eigenvalue weighted by Crippen LogP contribution is -2.30. The second-order valence-corrected chi connectivity index (χ2v) is 6.52. The van der Waals surface area contributed by atoms with E-state index in [1.807, 2.05) is 19.2 Å². The van der Waals surface area contributed by atoms with E-state index in [0.717, 1.165) is 28.1 Å². The van der Waals surface area contributed by atoms with Gasteiger partial charge in [0.25, 0.3) is 0 Å². The number of allylic oxidation sites excluding steroid dienone is 1. The number of amidine groups is 1. The first-order valence-electron chi connectivity index (χ1n) is 8.57. The zero-order valence-corrected chi connectivity index (χ0v) is 17.5. The SMILES string of the molecule is CNc1ccc(OC)c(SNc2ccc(C)cc2)c1.NC(=N/C=C/C=O)C(F)(F)F. The number of aryl methyl sites for hydroxylation is 1. The highest BCUT2D eigenvalue weighted by Gasteiger charge is 2.32. The Kier molecular flexibility index (Phi) is 10.3. The Bertz CT molecular complexity index is 869. The molecule has 2 rings (SSSR count). The second kappa shape index (κ2) is 12.4. The van der Waals surface area contributed by atoms with Crippen molar-refractivity contribution in [2.45, 2.75) is 18.0 Å². The number of anilines is 2. The van der Waals surface area contributed by atoms with Crippen LogP contribution < -0.4 is 20.5 Å². The molecule has 2 aromatic rings. The van der Waals surface area contributed by atoms with Gasteiger partial charge in [-0.1, -0.05) is 17.7 Å². The number of carbonyl (C=O) groups excluding carboxylic acids is 1. The van der Waals surface area contributed by atoms with Gasteiger partial charge in [-0.05, 0) is 55.3 Å². The van der Waals surface area contributed by atoms with Crippen LogP contribution in [0.15, 0.2) is 64.6 Å². The summed E-state index contributed by atoms with van der Waals surface area (Å²) in [6.45, 7) is 2.08. The largest absolute Gasteiger partial charge is 0.496 e. The van der Waals surface area contributed by atoms with Crippen molar-refractivity contribution in [3.05, 3.63) is 60.3 Å². The zero-order chi connectivity index (χ0) is 22.6. The molecular formula is C20H23F3N4O2S. The zero-order valence-electron chi connectivity index (χ0n) is 16.7. The molecule has 0 aliphatic heterocycles. The van der Waals surface area contributed by atoms with Gasteiger partial charge in [-0.3, -0.25) is 4.79 Å². The molecule has 0 saturated carbocycles. The van der Waals surface area contributed by atoms with Gasteiger partial charge in [0.05, 0.1) is 12.0 Å². The van der Waals surface area contributed by atoms with Crippen molar-refractivity contribution in [2.24, 2.45) is 10.7 Å². The topological polar surface area (TPSA) is 88.7 Å². The monoisotopic (exact) mass is 440 g/mol. The van der Waals surface area contributed by atoms with E-state index < -0.39 is 12.0 Å². The van der Waals surface area contributed by atoms with Crippen molar-refractivity contribution in [1.82, 2.24) is 0 Å². The summed E-state index contributed by atoms with van der Waals surface area (Å²) < 4.78 is 43.2. The molecule has 162 valence electrons. The minimum atomic E-state index is -4.63. The molecule has 0 bridgehead atoms. The van der Waals surface area contributed by atoms with Gasteiger partial charge in [0, 0.05) is 24.6 Å². The van der Waals surface area contributed by atoms with Gasteiger partial charge >= 0.3 is 6.18 Å². The van der Waals surface area contributed by atoms with Crippen LogP contribution in [0.4, 0.5) is 24.5 Å². The number of aldehydes is 1. The van der Waals surface area contributed by atoms with E-state index in [0.29, 0.717) is 12.5 Å². The van der Waals surface area contributed by atoms with Crippen molar-refractivity contribution in [3.8, 4) is 5.75 Å². The van der Waals surface area contributed by atoms with Crippen LogP contribution in [0.25, 0.3) is 0 Å². The van der Waals surface area contributed by atoms with Gasteiger partial charge < -0.3 is 20.5 Å². The number of aliphatic imine (C=N–C) groups is 1. The molecule has 0 spiro atoms. The predicted octanol–water partition coefficient (Wildman–Crippen LogP) is 4.78. The molecule has 0 aromatic heterocycles. The predicted molar refractivity (Wildman–Crippen MR) is 116 cm³/mol. The smallest absolute Gasteiger partial charge is 0.448 e. The van der Waals surface area contributed by atoms with Crippen LogP contribution in [-0.4, -0.2) is 32.5 Å². The average Bonchev–Trinajstić information content (AvgIpc) is 2.73. The Morgan fingerprint density at radius 1 is 1.17 bits per heavy atom. The summed E-state index contributed by atoms with van der Waals surface area (Å²) in [4.78, 5) is 13.4. The highest BCUT2D eigenvalue weighted by atomic mass is 32.2. The van der Waals surface area contributed by atoms with E-state index in [4.69, 9.17) is 4.74 Å². The van der Waals surface area contributed by atoms with Gasteiger partial charge in [-0.2, -0.15) is 13.2 Å². The van der Waals surface area contributed by atoms with Crippen LogP contribution in [0.1, 0.15) is 5.56 Å². The Labute approximate surface area is 177 Å². The number of methoxy groups -OCH3 is 1. The maximum absolute atomic E-state index is 11.5. The van der Waals surface area contributed by atoms with Crippen LogP contribution in [0.3, 0.4) is 0 Å². The highest BCUT2D eigenvalue weighted by molar-refractivity contribution is 8.00. The van der Waals surface area contributed by atoms with Gasteiger partial charge in [0.2, 0.25) is 5.84 Å². The summed E-state index contributed by atoms with van der Waals surface area (Å²) >= 11 is 1.55. The van der Waals surface area contributed by atoms with Crippen LogP contribution in [0, 0.1) is 6.92 Å². The van der Waals surface area contributed by atoms with Crippen LogP contribution in [-0.2, 0) is 4.79 Å². The fourth-order valence-corrected chi connectivity index (χ4v) is 2.68. The summed E-state index contributed by atoms with van der Waals surface area (Å²) in [6, 6.07) is 14.3. The molecule has 0 heterocycles. The third-order valence-corrected chi connectivity index (χ3v) is 4.33. The maximum Gasteiger partial charge on any atom is 0.448 e. The molecule has 0 radical (unpaired) electrons. The standard InChI is InChI=1S/C15H18N2OS.C5H5F3N2O/c1-11-4-6-12(7-5-11)17-19-15-10-13(16-2)8-9-14(15)18-3;6-5(7,8)4(9)10-2-1-3-11/h4-10,16-17H,1-3H3;1-3H,(H2,9,10)/b;2-1+. The molecule has 0 atom stereocenters. The lowest BCUT2D eigenvalue weighted by Gasteiger charge is -2.11. The van der Waals surface area contributed by atoms with E-state index in [2.05, 4.69) is 58.0 Å². The molecule has 0 fully saturated rings. The van der Waals surface area contributed by atoms with Crippen LogP contribution >= 0.6 is 11.9 Å². The number of hydrogen-bond acceptors (Lipinski definition) is 6. The first-order valence-corrected chi connectivity index (χ1v) is 9.39. The van der Waals surface area contributed by atoms with Crippen LogP contribution in [0.2, 0.25) is 0 Å². The molecule has 2 aromatic carbocycles. The van der Waals surface area contributed by atoms with E-state index in [1.54, 1.807) is 19.1 Å². The third kappa shape index (κ3) is 8.91. The van der Waals surface area contributed by atoms with Gasteiger partial charge in [-0.15, -0.1) is 0 Å². The molecule has 6 nitrogen and oxygen atoms in total. The Morgan fingerprint density at radius 2 is 1.80 bits per heavy atom. The molecular weight excluding hydrogens is 417 g/mol. The number of nitrogens with zero attached hydrogens (tertiary/aromatic N) is 1. The molecule has 10 heteroatoms. The summed E-state index contributed by atoms with van der Waals surface area (Å²) in [5, 5.41) is 3.13. The molecule has 0 saturated heterocycles. The average molecular weight is 440 g/mol. The van der Waals surface area contributed by atoms with E-state index in [9.17, 15) is 18.0 Å². The second-order valence-electron chi connectivity index (χ2n) is 5.68. The van der Waals surface area contributed by atoms with E-state index >= 15 is 0 Å². The van der Waals surface area contributed by atoms with Crippen molar-refractivity contribution >= 4 is 35.4 Å². The van der Waals surface area contributed by atoms with Crippen molar-refractivity contribution in [1.29, 1.82) is 0 Å². The maximum atomic E-state index is 11.5. The van der Waals surface area contributed by atoms with E-state index in [1.165, 1.54) is 5.56 Å². The lowest BCUT2D eigenvalue weighted by molar-refractivity contribution is -0.104. The van der Waals surface area contributed by atoms with Gasteiger partial charge in [0.1, 0.15) is 12.0 Å². The quantitative estimate of drug-likeness (QED) is 0.189. The van der Waals surface area contributed by atoms with Gasteiger partial charge in [-0.25, -0.2) is 4.99 Å². The molecule has 0 aliphatic rings. The number of benzene rings is 2. The lowest BCUT2D eigenvalue weighted by atomic mass is 10.2. The molecule has 30 heavy (non-hydrogen) atoms. The van der Waals surface area contributed by atoms with Crippen molar-refractivity contribution < 1.29 is 22.7 Å². The number of nitrogens with two attached hydrogens (primary N) is 1. The summed E-state index contributed by atoms with van der Waals surface area (Å²) in [7, 11) is 3.59. The molecule has 0 unspecified atom stereocenters. The minimum absolute atomic E-state index is 0.299. The third-order valence-electron chi connectivity index (χ3n) is 3.45. The fraction of sp³-hybridized carbons (Fsp3) is 0.200. The Morgan fingerprint density at radius 3 is 2.33 bits per heavy atom. The van der Waals surface area contributed by atoms with Crippen LogP contribution in [0.5, 0.6) is 5.75 Å². The normalized spacial score (nSPS) is 11.5. The fourth-order valence-electron chi connectivity index (χ4n) is 1.88. The Balaban J connectivity index is 0.000000352. The highest BCUT2D eigenvalue weighted by Crippen LogP contribution is 2.32. The number of ether oxygens (including phenoxy) is 1. The first kappa shape index (κ1) is 24.9. The Hall–Kier alpha value is -3.14. The summed E-state index contributed by atoms with van der Waals surface area (Å²) in [6.07, 6.45) is -2.85. The minimum Gasteiger partial charge on any atom is -0.496 e. The summed E-state index contributed by atoms with van der Waals surface area (Å²) in [5.41, 5.74) is 7.84. The van der Waals surface area contributed by atoms with Crippen molar-refractivity contribution in [2.75, 3.05) is 24.2 Å². The number of alkyl halides is 3. The number of halogens is 3. The number of hydrogen-bond donors (Lipinski definition) is 3.